The molecule has 0 saturated carbocycles. The van der Waals surface area contributed by atoms with Gasteiger partial charge < -0.3 is 0 Å². The van der Waals surface area contributed by atoms with Gasteiger partial charge in [0.1, 0.15) is 5.82 Å². The SMILES string of the molecule is CN(c1ccc(F)cc1)S(=O)(=O)c1ccc(Cl)c(C(=O)NNC(=O)c2ccc(Cl)cc2)c1. The number of rotatable bonds is 5. The van der Waals surface area contributed by atoms with Gasteiger partial charge in [-0.2, -0.15) is 0 Å². The predicted octanol–water partition coefficient (Wildman–Crippen LogP) is 4.03. The van der Waals surface area contributed by atoms with Crippen molar-refractivity contribution >= 4 is 50.7 Å². The Morgan fingerprint density at radius 2 is 1.47 bits per heavy atom. The highest BCUT2D eigenvalue weighted by Gasteiger charge is 2.24. The topological polar surface area (TPSA) is 95.6 Å². The largest absolute Gasteiger partial charge is 0.271 e. The average molecular weight is 496 g/mol. The van der Waals surface area contributed by atoms with Crippen molar-refractivity contribution in [1.82, 2.24) is 10.9 Å². The van der Waals surface area contributed by atoms with Gasteiger partial charge >= 0.3 is 0 Å². The Labute approximate surface area is 193 Å². The third kappa shape index (κ3) is 5.18. The zero-order valence-electron chi connectivity index (χ0n) is 16.5. The molecule has 7 nitrogen and oxygen atoms in total. The zero-order chi connectivity index (χ0) is 23.5. The number of benzene rings is 3. The van der Waals surface area contributed by atoms with Crippen molar-refractivity contribution < 1.29 is 22.4 Å². The quantitative estimate of drug-likeness (QED) is 0.522. The first-order valence-electron chi connectivity index (χ1n) is 9.00. The van der Waals surface area contributed by atoms with Crippen molar-refractivity contribution in [3.05, 3.63) is 93.7 Å². The lowest BCUT2D eigenvalue weighted by Crippen LogP contribution is -2.41. The van der Waals surface area contributed by atoms with Crippen molar-refractivity contribution in [2.75, 3.05) is 11.4 Å². The summed E-state index contributed by atoms with van der Waals surface area (Å²) >= 11 is 11.8. The number of nitrogens with zero attached hydrogens (tertiary/aromatic N) is 1. The summed E-state index contributed by atoms with van der Waals surface area (Å²) in [5, 5.41) is 0.424. The van der Waals surface area contributed by atoms with E-state index in [0.717, 1.165) is 22.5 Å². The van der Waals surface area contributed by atoms with E-state index in [0.29, 0.717) is 5.02 Å². The van der Waals surface area contributed by atoms with Crippen molar-refractivity contribution in [2.45, 2.75) is 4.90 Å². The molecule has 0 fully saturated rings. The Morgan fingerprint density at radius 1 is 0.875 bits per heavy atom. The normalized spacial score (nSPS) is 11.0. The van der Waals surface area contributed by atoms with Gasteiger partial charge in [0.25, 0.3) is 21.8 Å². The second kappa shape index (κ2) is 9.56. The van der Waals surface area contributed by atoms with Crippen LogP contribution in [0.3, 0.4) is 0 Å². The molecule has 0 aromatic heterocycles. The molecule has 3 aromatic rings. The van der Waals surface area contributed by atoms with Gasteiger partial charge in [-0.05, 0) is 66.7 Å². The summed E-state index contributed by atoms with van der Waals surface area (Å²) in [5.41, 5.74) is 4.72. The molecular formula is C21H16Cl2FN3O4S. The summed E-state index contributed by atoms with van der Waals surface area (Å²) in [6.07, 6.45) is 0. The van der Waals surface area contributed by atoms with Gasteiger partial charge in [0.15, 0.2) is 0 Å². The molecular weight excluding hydrogens is 480 g/mol. The first kappa shape index (κ1) is 23.5. The fraction of sp³-hybridized carbons (Fsp3) is 0.0476. The van der Waals surface area contributed by atoms with E-state index in [9.17, 15) is 22.4 Å². The second-order valence-corrected chi connectivity index (χ2v) is 9.32. The molecule has 2 amide bonds. The number of carbonyl (C=O) groups excluding carboxylic acids is 2. The van der Waals surface area contributed by atoms with E-state index in [1.165, 1.54) is 55.6 Å². The van der Waals surface area contributed by atoms with Crippen LogP contribution in [0.1, 0.15) is 20.7 Å². The summed E-state index contributed by atoms with van der Waals surface area (Å²) in [7, 11) is -2.79. The van der Waals surface area contributed by atoms with Crippen LogP contribution >= 0.6 is 23.2 Å². The van der Waals surface area contributed by atoms with E-state index in [2.05, 4.69) is 10.9 Å². The van der Waals surface area contributed by atoms with Crippen molar-refractivity contribution in [1.29, 1.82) is 0 Å². The first-order chi connectivity index (χ1) is 15.1. The van der Waals surface area contributed by atoms with Crippen LogP contribution in [0.25, 0.3) is 0 Å². The molecule has 11 heteroatoms. The van der Waals surface area contributed by atoms with Crippen molar-refractivity contribution in [3.8, 4) is 0 Å². The summed E-state index contributed by atoms with van der Waals surface area (Å²) in [5.74, 6) is -1.93. The van der Waals surface area contributed by atoms with Crippen LogP contribution in [0, 0.1) is 5.82 Å². The van der Waals surface area contributed by atoms with Crippen LogP contribution < -0.4 is 15.2 Å². The maximum absolute atomic E-state index is 13.1. The maximum atomic E-state index is 13.1. The van der Waals surface area contributed by atoms with Crippen LogP contribution in [0.15, 0.2) is 71.6 Å². The second-order valence-electron chi connectivity index (χ2n) is 6.51. The Morgan fingerprint density at radius 3 is 2.09 bits per heavy atom. The monoisotopic (exact) mass is 495 g/mol. The van der Waals surface area contributed by atoms with E-state index < -0.39 is 27.7 Å². The number of anilines is 1. The van der Waals surface area contributed by atoms with Gasteiger partial charge in [-0.3, -0.25) is 24.7 Å². The highest BCUT2D eigenvalue weighted by atomic mass is 35.5. The number of amides is 2. The molecule has 0 heterocycles. The molecule has 0 aliphatic rings. The van der Waals surface area contributed by atoms with E-state index >= 15 is 0 Å². The molecule has 0 radical (unpaired) electrons. The van der Waals surface area contributed by atoms with Gasteiger partial charge in [0, 0.05) is 17.6 Å². The lowest BCUT2D eigenvalue weighted by Gasteiger charge is -2.20. The molecule has 0 unspecified atom stereocenters. The van der Waals surface area contributed by atoms with Gasteiger partial charge in [-0.15, -0.1) is 0 Å². The number of carbonyl (C=O) groups is 2. The van der Waals surface area contributed by atoms with Crippen LogP contribution in [0.4, 0.5) is 10.1 Å². The maximum Gasteiger partial charge on any atom is 0.271 e. The third-order valence-corrected chi connectivity index (χ3v) is 6.79. The summed E-state index contributed by atoms with van der Waals surface area (Å²) < 4.78 is 40.0. The number of hydrogen-bond donors (Lipinski definition) is 2. The van der Waals surface area contributed by atoms with Crippen LogP contribution in [-0.2, 0) is 10.0 Å². The number of nitrogens with one attached hydrogen (secondary N) is 2. The Kier molecular flexibility index (Phi) is 7.02. The molecule has 0 saturated heterocycles. The number of halogens is 3. The zero-order valence-corrected chi connectivity index (χ0v) is 18.8. The Hall–Kier alpha value is -3.14. The molecule has 2 N–H and O–H groups in total. The van der Waals surface area contributed by atoms with E-state index in [1.807, 2.05) is 0 Å². The van der Waals surface area contributed by atoms with Gasteiger partial charge in [0.05, 0.1) is 21.2 Å². The van der Waals surface area contributed by atoms with E-state index in [-0.39, 0.29) is 26.7 Å². The minimum atomic E-state index is -4.08. The molecule has 0 bridgehead atoms. The fourth-order valence-corrected chi connectivity index (χ4v) is 4.19. The minimum absolute atomic E-state index is 0.0216. The van der Waals surface area contributed by atoms with Gasteiger partial charge in [-0.1, -0.05) is 23.2 Å². The lowest BCUT2D eigenvalue weighted by atomic mass is 10.2. The standard InChI is InChI=1S/C21H16Cl2FN3O4S/c1-27(16-8-6-15(24)7-9-16)32(30,31)17-10-11-19(23)18(12-17)21(29)26-25-20(28)13-2-4-14(22)5-3-13/h2-12H,1H3,(H,25,28)(H,26,29). The van der Waals surface area contributed by atoms with Gasteiger partial charge in [0.2, 0.25) is 0 Å². The van der Waals surface area contributed by atoms with Crippen LogP contribution in [-0.4, -0.2) is 27.3 Å². The molecule has 166 valence electrons. The number of sulfonamides is 1. The molecule has 3 aromatic carbocycles. The summed E-state index contributed by atoms with van der Waals surface area (Å²) in [6.45, 7) is 0. The summed E-state index contributed by atoms with van der Waals surface area (Å²) in [6, 6.07) is 14.4. The fourth-order valence-electron chi connectivity index (χ4n) is 2.64. The minimum Gasteiger partial charge on any atom is -0.269 e. The number of hydrazine groups is 1. The lowest BCUT2D eigenvalue weighted by molar-refractivity contribution is 0.0846. The smallest absolute Gasteiger partial charge is 0.269 e. The van der Waals surface area contributed by atoms with Crippen LogP contribution in [0.5, 0.6) is 0 Å². The van der Waals surface area contributed by atoms with E-state index in [4.69, 9.17) is 23.2 Å². The number of hydrogen-bond acceptors (Lipinski definition) is 4. The van der Waals surface area contributed by atoms with E-state index in [1.54, 1.807) is 0 Å². The highest BCUT2D eigenvalue weighted by Crippen LogP contribution is 2.26. The molecule has 32 heavy (non-hydrogen) atoms. The Bertz CT molecular complexity index is 1270. The molecule has 3 rings (SSSR count). The molecule has 0 aliphatic carbocycles. The Balaban J connectivity index is 1.79. The van der Waals surface area contributed by atoms with Crippen molar-refractivity contribution in [3.63, 3.8) is 0 Å². The van der Waals surface area contributed by atoms with Crippen molar-refractivity contribution in [2.24, 2.45) is 0 Å². The third-order valence-electron chi connectivity index (χ3n) is 4.43. The van der Waals surface area contributed by atoms with Crippen LogP contribution in [0.2, 0.25) is 10.0 Å². The van der Waals surface area contributed by atoms with Gasteiger partial charge in [-0.25, -0.2) is 12.8 Å². The predicted molar refractivity (Wildman–Crippen MR) is 120 cm³/mol. The highest BCUT2D eigenvalue weighted by molar-refractivity contribution is 7.92. The summed E-state index contributed by atoms with van der Waals surface area (Å²) in [4.78, 5) is 24.5. The first-order valence-corrected chi connectivity index (χ1v) is 11.2. The molecule has 0 spiro atoms. The molecule has 0 aliphatic heterocycles. The molecule has 0 atom stereocenters. The average Bonchev–Trinajstić information content (AvgIpc) is 2.78.